The Morgan fingerprint density at radius 1 is 1.20 bits per heavy atom. The highest BCUT2D eigenvalue weighted by atomic mass is 16.9. The van der Waals surface area contributed by atoms with Crippen molar-refractivity contribution in [3.63, 3.8) is 0 Å². The fourth-order valence-electron chi connectivity index (χ4n) is 3.02. The molecule has 0 aliphatic carbocycles. The Morgan fingerprint density at radius 3 is 2.13 bits per heavy atom. The molecule has 3 aliphatic heterocycles. The zero-order valence-electron chi connectivity index (χ0n) is 9.15. The zero-order valence-corrected chi connectivity index (χ0v) is 9.15. The molecular weight excluding hydrogens is 198 g/mol. The highest BCUT2D eigenvalue weighted by Gasteiger charge is 2.79. The fraction of sp³-hybridized carbons (Fsp3) is 1.00. The van der Waals surface area contributed by atoms with Crippen molar-refractivity contribution in [2.75, 3.05) is 19.9 Å². The van der Waals surface area contributed by atoms with Crippen LogP contribution in [0.1, 0.15) is 26.7 Å². The standard InChI is InChI=1S/C10H17NO4/c1-3-8(4-2)9(5-13-9)15-10(6-14-10)11(8)7-12/h12H,3-7H2,1-2H3. The summed E-state index contributed by atoms with van der Waals surface area (Å²) in [5.74, 6) is -1.23. The summed E-state index contributed by atoms with van der Waals surface area (Å²) in [4.78, 5) is 1.91. The number of aliphatic hydroxyl groups is 1. The van der Waals surface area contributed by atoms with Crippen molar-refractivity contribution < 1.29 is 19.3 Å². The first-order chi connectivity index (χ1) is 7.19. The molecule has 3 rings (SSSR count). The zero-order chi connectivity index (χ0) is 10.7. The van der Waals surface area contributed by atoms with Gasteiger partial charge in [0.15, 0.2) is 0 Å². The third-order valence-corrected chi connectivity index (χ3v) is 4.07. The van der Waals surface area contributed by atoms with Gasteiger partial charge in [-0.25, -0.2) is 4.90 Å². The van der Waals surface area contributed by atoms with E-state index < -0.39 is 11.7 Å². The smallest absolute Gasteiger partial charge is 0.260 e. The lowest BCUT2D eigenvalue weighted by Crippen LogP contribution is -2.54. The minimum atomic E-state index is -0.697. The van der Waals surface area contributed by atoms with Crippen LogP contribution in [-0.2, 0) is 14.2 Å². The maximum Gasteiger partial charge on any atom is 0.260 e. The van der Waals surface area contributed by atoms with E-state index in [2.05, 4.69) is 13.8 Å². The second-order valence-corrected chi connectivity index (χ2v) is 4.45. The van der Waals surface area contributed by atoms with Crippen LogP contribution in [0.15, 0.2) is 0 Å². The van der Waals surface area contributed by atoms with Crippen molar-refractivity contribution in [1.29, 1.82) is 0 Å². The van der Waals surface area contributed by atoms with Crippen molar-refractivity contribution in [2.45, 2.75) is 43.9 Å². The predicted octanol–water partition coefficient (Wildman–Crippen LogP) is 0.238. The second kappa shape index (κ2) is 2.73. The molecule has 3 fully saturated rings. The van der Waals surface area contributed by atoms with Crippen LogP contribution in [0.25, 0.3) is 0 Å². The molecule has 0 radical (unpaired) electrons. The summed E-state index contributed by atoms with van der Waals surface area (Å²) in [6.45, 7) is 5.28. The number of ether oxygens (including phenoxy) is 3. The maximum atomic E-state index is 9.51. The summed E-state index contributed by atoms with van der Waals surface area (Å²) in [7, 11) is 0. The highest BCUT2D eigenvalue weighted by Crippen LogP contribution is 2.60. The van der Waals surface area contributed by atoms with Crippen molar-refractivity contribution in [1.82, 2.24) is 4.90 Å². The molecule has 3 aliphatic rings. The third-order valence-electron chi connectivity index (χ3n) is 4.07. The molecule has 0 bridgehead atoms. The van der Waals surface area contributed by atoms with Gasteiger partial charge >= 0.3 is 0 Å². The van der Waals surface area contributed by atoms with Crippen LogP contribution >= 0.6 is 0 Å². The first kappa shape index (κ1) is 9.99. The summed E-state index contributed by atoms with van der Waals surface area (Å²) in [5.41, 5.74) is -0.238. The number of nitrogens with zero attached hydrogens (tertiary/aromatic N) is 1. The van der Waals surface area contributed by atoms with Gasteiger partial charge in [-0.3, -0.25) is 4.74 Å². The summed E-state index contributed by atoms with van der Waals surface area (Å²) in [6.07, 6.45) is 1.77. The van der Waals surface area contributed by atoms with Gasteiger partial charge in [0.2, 0.25) is 5.79 Å². The van der Waals surface area contributed by atoms with Gasteiger partial charge in [-0.05, 0) is 12.8 Å². The van der Waals surface area contributed by atoms with Gasteiger partial charge in [0.25, 0.3) is 5.91 Å². The predicted molar refractivity (Wildman–Crippen MR) is 50.7 cm³/mol. The van der Waals surface area contributed by atoms with E-state index in [0.29, 0.717) is 13.2 Å². The van der Waals surface area contributed by atoms with Crippen molar-refractivity contribution >= 4 is 0 Å². The molecule has 15 heavy (non-hydrogen) atoms. The number of rotatable bonds is 3. The Balaban J connectivity index is 2.01. The number of hydrogen-bond donors (Lipinski definition) is 1. The van der Waals surface area contributed by atoms with Crippen LogP contribution in [0.4, 0.5) is 0 Å². The van der Waals surface area contributed by atoms with Gasteiger partial charge in [-0.2, -0.15) is 0 Å². The van der Waals surface area contributed by atoms with Crippen molar-refractivity contribution in [2.24, 2.45) is 0 Å². The van der Waals surface area contributed by atoms with Gasteiger partial charge in [0.05, 0.1) is 5.54 Å². The van der Waals surface area contributed by atoms with Crippen LogP contribution in [0.2, 0.25) is 0 Å². The first-order valence-corrected chi connectivity index (χ1v) is 5.55. The number of hydrogen-bond acceptors (Lipinski definition) is 5. The molecule has 0 aromatic rings. The maximum absolute atomic E-state index is 9.51. The van der Waals surface area contributed by atoms with Crippen LogP contribution < -0.4 is 0 Å². The largest absolute Gasteiger partial charge is 0.381 e. The van der Waals surface area contributed by atoms with E-state index in [0.717, 1.165) is 12.8 Å². The van der Waals surface area contributed by atoms with Gasteiger partial charge in [0.1, 0.15) is 19.9 Å². The van der Waals surface area contributed by atoms with Crippen molar-refractivity contribution in [3.05, 3.63) is 0 Å². The summed E-state index contributed by atoms with van der Waals surface area (Å²) < 4.78 is 16.7. The molecule has 5 heteroatoms. The molecule has 0 saturated carbocycles. The Kier molecular flexibility index (Phi) is 1.81. The molecule has 0 aromatic carbocycles. The number of epoxide rings is 2. The SMILES string of the molecule is CCC1(CC)N(CO)C2(CO2)OC12CO2. The Labute approximate surface area is 88.9 Å². The van der Waals surface area contributed by atoms with E-state index in [4.69, 9.17) is 14.2 Å². The van der Waals surface area contributed by atoms with E-state index in [-0.39, 0.29) is 12.3 Å². The van der Waals surface area contributed by atoms with Crippen LogP contribution in [-0.4, -0.2) is 47.2 Å². The summed E-state index contributed by atoms with van der Waals surface area (Å²) >= 11 is 0. The van der Waals surface area contributed by atoms with E-state index >= 15 is 0 Å². The normalized spacial score (nSPS) is 46.6. The summed E-state index contributed by atoms with van der Waals surface area (Å²) in [6, 6.07) is 0. The summed E-state index contributed by atoms with van der Waals surface area (Å²) in [5, 5.41) is 9.51. The molecule has 3 saturated heterocycles. The van der Waals surface area contributed by atoms with E-state index in [1.807, 2.05) is 4.90 Å². The molecule has 1 N–H and O–H groups in total. The topological polar surface area (TPSA) is 57.8 Å². The molecule has 86 valence electrons. The molecule has 2 unspecified atom stereocenters. The molecule has 5 nitrogen and oxygen atoms in total. The van der Waals surface area contributed by atoms with Crippen LogP contribution in [0.5, 0.6) is 0 Å². The molecule has 2 spiro atoms. The second-order valence-electron chi connectivity index (χ2n) is 4.45. The fourth-order valence-corrected chi connectivity index (χ4v) is 3.02. The van der Waals surface area contributed by atoms with Gasteiger partial charge in [0, 0.05) is 0 Å². The van der Waals surface area contributed by atoms with Crippen LogP contribution in [0, 0.1) is 0 Å². The third kappa shape index (κ3) is 0.957. The monoisotopic (exact) mass is 215 g/mol. The minimum absolute atomic E-state index is 0.0488. The molecule has 3 heterocycles. The Hall–Kier alpha value is -0.200. The van der Waals surface area contributed by atoms with E-state index in [1.54, 1.807) is 0 Å². The molecule has 2 atom stereocenters. The Bertz CT molecular complexity index is 281. The minimum Gasteiger partial charge on any atom is -0.381 e. The molecular formula is C10H17NO4. The first-order valence-electron chi connectivity index (χ1n) is 5.55. The lowest BCUT2D eigenvalue weighted by molar-refractivity contribution is -0.143. The van der Waals surface area contributed by atoms with E-state index in [1.165, 1.54) is 0 Å². The average molecular weight is 215 g/mol. The lowest BCUT2D eigenvalue weighted by atomic mass is 9.86. The van der Waals surface area contributed by atoms with Gasteiger partial charge in [-0.1, -0.05) is 13.8 Å². The van der Waals surface area contributed by atoms with Crippen LogP contribution in [0.3, 0.4) is 0 Å². The molecule has 0 amide bonds. The Morgan fingerprint density at radius 2 is 1.80 bits per heavy atom. The van der Waals surface area contributed by atoms with E-state index in [9.17, 15) is 5.11 Å². The van der Waals surface area contributed by atoms with Gasteiger partial charge in [-0.15, -0.1) is 0 Å². The quantitative estimate of drug-likeness (QED) is 0.683. The lowest BCUT2D eigenvalue weighted by Gasteiger charge is -2.36. The molecule has 0 aromatic heterocycles. The van der Waals surface area contributed by atoms with Crippen molar-refractivity contribution in [3.8, 4) is 0 Å². The average Bonchev–Trinajstić information content (AvgIpc) is 3.12. The number of aliphatic hydroxyl groups excluding tert-OH is 1. The van der Waals surface area contributed by atoms with Gasteiger partial charge < -0.3 is 14.6 Å². The highest BCUT2D eigenvalue weighted by molar-refractivity contribution is 5.16.